The fraction of sp³-hybridized carbons (Fsp3) is 0.909. The molecular weight excluding hydrogens is 192 g/mol. The van der Waals surface area contributed by atoms with Crippen LogP contribution in [0, 0.1) is 11.8 Å². The quantitative estimate of drug-likeness (QED) is 0.593. The van der Waals surface area contributed by atoms with E-state index in [1.165, 1.54) is 0 Å². The summed E-state index contributed by atoms with van der Waals surface area (Å²) in [5, 5.41) is 12.2. The maximum Gasteiger partial charge on any atom is 0.237 e. The van der Waals surface area contributed by atoms with Gasteiger partial charge in [-0.25, -0.2) is 0 Å². The van der Waals surface area contributed by atoms with Crippen LogP contribution in [0.2, 0.25) is 0 Å². The summed E-state index contributed by atoms with van der Waals surface area (Å²) in [6.07, 6.45) is 2.45. The normalized spacial score (nSPS) is 20.1. The molecule has 0 spiro atoms. The van der Waals surface area contributed by atoms with Crippen molar-refractivity contribution >= 4 is 5.91 Å². The summed E-state index contributed by atoms with van der Waals surface area (Å²) in [7, 11) is 0. The minimum atomic E-state index is -0.448. The lowest BCUT2D eigenvalue weighted by atomic mass is 10.0. The Morgan fingerprint density at radius 2 is 2.13 bits per heavy atom. The molecular formula is C11H22N2O2. The lowest BCUT2D eigenvalue weighted by molar-refractivity contribution is -0.123. The summed E-state index contributed by atoms with van der Waals surface area (Å²) in [6.45, 7) is 4.41. The maximum atomic E-state index is 11.5. The first-order valence-electron chi connectivity index (χ1n) is 5.72. The van der Waals surface area contributed by atoms with Crippen LogP contribution in [-0.2, 0) is 4.79 Å². The fourth-order valence-corrected chi connectivity index (χ4v) is 1.60. The van der Waals surface area contributed by atoms with Crippen molar-refractivity contribution in [2.24, 2.45) is 17.6 Å². The molecule has 2 atom stereocenters. The van der Waals surface area contributed by atoms with Gasteiger partial charge in [-0.1, -0.05) is 13.8 Å². The third kappa shape index (κ3) is 4.62. The lowest BCUT2D eigenvalue weighted by Gasteiger charge is -2.16. The van der Waals surface area contributed by atoms with Crippen LogP contribution >= 0.6 is 0 Å². The molecule has 1 unspecified atom stereocenters. The van der Waals surface area contributed by atoms with Gasteiger partial charge >= 0.3 is 0 Å². The Balaban J connectivity index is 2.16. The molecule has 1 saturated carbocycles. The third-order valence-electron chi connectivity index (χ3n) is 2.71. The number of nitrogens with one attached hydrogen (secondary N) is 1. The first-order chi connectivity index (χ1) is 7.00. The Labute approximate surface area is 91.2 Å². The van der Waals surface area contributed by atoms with Crippen molar-refractivity contribution in [1.29, 1.82) is 0 Å². The van der Waals surface area contributed by atoms with E-state index in [4.69, 9.17) is 5.73 Å². The summed E-state index contributed by atoms with van der Waals surface area (Å²) >= 11 is 0. The average Bonchev–Trinajstić information content (AvgIpc) is 2.95. The average molecular weight is 214 g/mol. The maximum absolute atomic E-state index is 11.5. The number of hydrogen-bond donors (Lipinski definition) is 3. The van der Waals surface area contributed by atoms with Crippen LogP contribution in [0.15, 0.2) is 0 Å². The second kappa shape index (κ2) is 5.47. The summed E-state index contributed by atoms with van der Waals surface area (Å²) in [6, 6.07) is -0.448. The molecule has 4 heteroatoms. The molecule has 1 rings (SSSR count). The van der Waals surface area contributed by atoms with Crippen LogP contribution in [0.25, 0.3) is 0 Å². The predicted octanol–water partition coefficient (Wildman–Crippen LogP) is 0.247. The van der Waals surface area contributed by atoms with Crippen LogP contribution in [0.5, 0.6) is 0 Å². The highest BCUT2D eigenvalue weighted by molar-refractivity contribution is 5.81. The van der Waals surface area contributed by atoms with Crippen molar-refractivity contribution < 1.29 is 9.90 Å². The Hall–Kier alpha value is -0.610. The van der Waals surface area contributed by atoms with Gasteiger partial charge in [-0.2, -0.15) is 0 Å². The van der Waals surface area contributed by atoms with Crippen molar-refractivity contribution in [3.05, 3.63) is 0 Å². The molecule has 0 aliphatic heterocycles. The molecule has 1 fully saturated rings. The van der Waals surface area contributed by atoms with Gasteiger partial charge in [-0.15, -0.1) is 0 Å². The van der Waals surface area contributed by atoms with Gasteiger partial charge in [0, 0.05) is 6.54 Å². The van der Waals surface area contributed by atoms with Gasteiger partial charge in [0.15, 0.2) is 0 Å². The number of amides is 1. The monoisotopic (exact) mass is 214 g/mol. The van der Waals surface area contributed by atoms with Crippen molar-refractivity contribution in [2.75, 3.05) is 6.54 Å². The van der Waals surface area contributed by atoms with Gasteiger partial charge in [-0.3, -0.25) is 4.79 Å². The predicted molar refractivity (Wildman–Crippen MR) is 59.2 cm³/mol. The Morgan fingerprint density at radius 3 is 2.60 bits per heavy atom. The van der Waals surface area contributed by atoms with Gasteiger partial charge in [-0.05, 0) is 31.1 Å². The largest absolute Gasteiger partial charge is 0.391 e. The van der Waals surface area contributed by atoms with E-state index in [-0.39, 0.29) is 12.0 Å². The van der Waals surface area contributed by atoms with Gasteiger partial charge in [0.05, 0.1) is 12.1 Å². The Bertz CT molecular complexity index is 215. The molecule has 0 aromatic heterocycles. The standard InChI is InChI=1S/C11H22N2O2/c1-7(2)5-9(12)11(15)13-6-10(14)8-3-4-8/h7-10,14H,3-6,12H2,1-2H3,(H,13,15)/t9-,10?/m1/s1. The van der Waals surface area contributed by atoms with Crippen molar-refractivity contribution in [3.8, 4) is 0 Å². The molecule has 1 amide bonds. The van der Waals surface area contributed by atoms with E-state index < -0.39 is 6.04 Å². The Kier molecular flexibility index (Phi) is 4.54. The molecule has 15 heavy (non-hydrogen) atoms. The highest BCUT2D eigenvalue weighted by Crippen LogP contribution is 2.32. The van der Waals surface area contributed by atoms with Crippen LogP contribution in [-0.4, -0.2) is 29.7 Å². The van der Waals surface area contributed by atoms with Crippen molar-refractivity contribution in [3.63, 3.8) is 0 Å². The van der Waals surface area contributed by atoms with E-state index in [0.717, 1.165) is 12.8 Å². The van der Waals surface area contributed by atoms with E-state index >= 15 is 0 Å². The number of carbonyl (C=O) groups excluding carboxylic acids is 1. The van der Waals surface area contributed by atoms with Crippen molar-refractivity contribution in [1.82, 2.24) is 5.32 Å². The molecule has 0 bridgehead atoms. The first-order valence-corrected chi connectivity index (χ1v) is 5.72. The number of nitrogens with two attached hydrogens (primary N) is 1. The van der Waals surface area contributed by atoms with Crippen LogP contribution in [0.1, 0.15) is 33.1 Å². The van der Waals surface area contributed by atoms with Gasteiger partial charge in [0.1, 0.15) is 0 Å². The molecule has 1 aliphatic carbocycles. The SMILES string of the molecule is CC(C)C[C@@H](N)C(=O)NCC(O)C1CC1. The topological polar surface area (TPSA) is 75.4 Å². The minimum Gasteiger partial charge on any atom is -0.391 e. The smallest absolute Gasteiger partial charge is 0.237 e. The molecule has 0 heterocycles. The van der Waals surface area contributed by atoms with Gasteiger partial charge in [0.25, 0.3) is 0 Å². The minimum absolute atomic E-state index is 0.150. The summed E-state index contributed by atoms with van der Waals surface area (Å²) in [5.41, 5.74) is 5.70. The number of carbonyl (C=O) groups is 1. The zero-order valence-corrected chi connectivity index (χ0v) is 9.57. The van der Waals surface area contributed by atoms with Crippen LogP contribution < -0.4 is 11.1 Å². The van der Waals surface area contributed by atoms with E-state index in [1.54, 1.807) is 0 Å². The molecule has 88 valence electrons. The Morgan fingerprint density at radius 1 is 1.53 bits per heavy atom. The van der Waals surface area contributed by atoms with Crippen molar-refractivity contribution in [2.45, 2.75) is 45.3 Å². The molecule has 0 aromatic rings. The van der Waals surface area contributed by atoms with E-state index in [2.05, 4.69) is 5.32 Å². The highest BCUT2D eigenvalue weighted by atomic mass is 16.3. The van der Waals surface area contributed by atoms with Crippen LogP contribution in [0.4, 0.5) is 0 Å². The van der Waals surface area contributed by atoms with Gasteiger partial charge < -0.3 is 16.2 Å². The highest BCUT2D eigenvalue weighted by Gasteiger charge is 2.30. The van der Waals surface area contributed by atoms with Gasteiger partial charge in [0.2, 0.25) is 5.91 Å². The second-order valence-electron chi connectivity index (χ2n) is 4.89. The molecule has 0 aromatic carbocycles. The molecule has 4 N–H and O–H groups in total. The van der Waals surface area contributed by atoms with E-state index in [9.17, 15) is 9.90 Å². The summed E-state index contributed by atoms with van der Waals surface area (Å²) in [4.78, 5) is 11.5. The number of aliphatic hydroxyl groups excluding tert-OH is 1. The number of hydrogen-bond acceptors (Lipinski definition) is 3. The lowest BCUT2D eigenvalue weighted by Crippen LogP contribution is -2.44. The fourth-order valence-electron chi connectivity index (χ4n) is 1.60. The number of rotatable bonds is 6. The van der Waals surface area contributed by atoms with E-state index in [0.29, 0.717) is 24.8 Å². The number of aliphatic hydroxyl groups is 1. The zero-order valence-electron chi connectivity index (χ0n) is 9.57. The molecule has 4 nitrogen and oxygen atoms in total. The third-order valence-corrected chi connectivity index (χ3v) is 2.71. The second-order valence-corrected chi connectivity index (χ2v) is 4.89. The molecule has 0 saturated heterocycles. The molecule has 1 aliphatic rings. The first kappa shape index (κ1) is 12.5. The summed E-state index contributed by atoms with van der Waals surface area (Å²) in [5.74, 6) is 0.661. The summed E-state index contributed by atoms with van der Waals surface area (Å²) < 4.78 is 0. The van der Waals surface area contributed by atoms with Crippen LogP contribution in [0.3, 0.4) is 0 Å². The molecule has 0 radical (unpaired) electrons. The van der Waals surface area contributed by atoms with E-state index in [1.807, 2.05) is 13.8 Å². The zero-order chi connectivity index (χ0) is 11.4.